The minimum atomic E-state index is -4.74. The maximum absolute atomic E-state index is 10.1. The van der Waals surface area contributed by atoms with Crippen LogP contribution >= 0.6 is 0 Å². The fourth-order valence-electron chi connectivity index (χ4n) is 0.869. The van der Waals surface area contributed by atoms with E-state index < -0.39 is 21.9 Å². The summed E-state index contributed by atoms with van der Waals surface area (Å²) in [5.41, 5.74) is -0.276. The lowest BCUT2D eigenvalue weighted by molar-refractivity contribution is 0.283. The summed E-state index contributed by atoms with van der Waals surface area (Å²) in [6.07, 6.45) is 0.651. The Balaban J connectivity index is 2.98. The molecule has 0 aliphatic carbocycles. The van der Waals surface area contributed by atoms with Gasteiger partial charge in [-0.15, -0.1) is 0 Å². The van der Waals surface area contributed by atoms with Gasteiger partial charge in [0.1, 0.15) is 17.2 Å². The lowest BCUT2D eigenvalue weighted by atomic mass is 10.2. The third kappa shape index (κ3) is 3.29. The average Bonchev–Trinajstić information content (AvgIpc) is 2.07. The van der Waals surface area contributed by atoms with Crippen molar-refractivity contribution in [2.45, 2.75) is 0 Å². The van der Waals surface area contributed by atoms with Gasteiger partial charge in [-0.25, -0.2) is 4.28 Å². The summed E-state index contributed by atoms with van der Waals surface area (Å²) < 4.78 is 31.9. The second-order valence-electron chi connectivity index (χ2n) is 2.63. The van der Waals surface area contributed by atoms with E-state index in [0.717, 1.165) is 12.1 Å². The lowest BCUT2D eigenvalue weighted by Gasteiger charge is -2.02. The highest BCUT2D eigenvalue weighted by molar-refractivity contribution is 7.80. The van der Waals surface area contributed by atoms with Crippen LogP contribution in [-0.4, -0.2) is 34.5 Å². The quantitative estimate of drug-likeness (QED) is 0.335. The van der Waals surface area contributed by atoms with Crippen LogP contribution < -0.4 is 0 Å². The van der Waals surface area contributed by atoms with Crippen molar-refractivity contribution in [2.75, 3.05) is 0 Å². The van der Waals surface area contributed by atoms with E-state index in [1.807, 2.05) is 0 Å². The molecule has 0 fully saturated rings. The van der Waals surface area contributed by atoms with Crippen molar-refractivity contribution in [3.63, 3.8) is 0 Å². The number of hydrogen-bond donors (Lipinski definition) is 4. The van der Waals surface area contributed by atoms with Crippen LogP contribution in [0.4, 0.5) is 0 Å². The van der Waals surface area contributed by atoms with Crippen molar-refractivity contribution in [3.05, 3.63) is 17.7 Å². The SMILES string of the molecule is O=S(=O)(O)O/N=C/c1c(O)cc(O)cc1O. The predicted octanol–water partition coefficient (Wildman–Crippen LogP) is -0.0433. The fraction of sp³-hybridized carbons (Fsp3) is 0. The highest BCUT2D eigenvalue weighted by Crippen LogP contribution is 2.30. The number of hydrogen-bond acceptors (Lipinski definition) is 7. The minimum absolute atomic E-state index is 0.276. The Morgan fingerprint density at radius 2 is 1.69 bits per heavy atom. The van der Waals surface area contributed by atoms with Gasteiger partial charge in [-0.3, -0.25) is 4.55 Å². The summed E-state index contributed by atoms with van der Waals surface area (Å²) in [4.78, 5) is 0. The van der Waals surface area contributed by atoms with Crippen LogP contribution in [0, 0.1) is 0 Å². The van der Waals surface area contributed by atoms with Crippen LogP contribution in [0.25, 0.3) is 0 Å². The summed E-state index contributed by atoms with van der Waals surface area (Å²) in [6, 6.07) is 1.79. The molecule has 0 saturated heterocycles. The molecule has 0 atom stereocenters. The molecule has 1 aromatic carbocycles. The molecule has 88 valence electrons. The monoisotopic (exact) mass is 249 g/mol. The van der Waals surface area contributed by atoms with Crippen molar-refractivity contribution in [2.24, 2.45) is 5.16 Å². The Labute approximate surface area is 90.0 Å². The van der Waals surface area contributed by atoms with E-state index in [0.29, 0.717) is 6.21 Å². The summed E-state index contributed by atoms with van der Waals surface area (Å²) in [5.74, 6) is -1.47. The Morgan fingerprint density at radius 3 is 2.12 bits per heavy atom. The van der Waals surface area contributed by atoms with Gasteiger partial charge in [-0.1, -0.05) is 5.16 Å². The topological polar surface area (TPSA) is 137 Å². The van der Waals surface area contributed by atoms with Gasteiger partial charge in [0.15, 0.2) is 0 Å². The number of oxime groups is 1. The predicted molar refractivity (Wildman–Crippen MR) is 51.7 cm³/mol. The first-order valence-corrected chi connectivity index (χ1v) is 5.10. The molecule has 0 aromatic heterocycles. The summed E-state index contributed by atoms with van der Waals surface area (Å²) in [5, 5.41) is 30.2. The van der Waals surface area contributed by atoms with Crippen LogP contribution in [0.5, 0.6) is 17.2 Å². The molecule has 0 radical (unpaired) electrons. The molecule has 0 bridgehead atoms. The van der Waals surface area contributed by atoms with Gasteiger partial charge < -0.3 is 15.3 Å². The molecule has 0 spiro atoms. The number of benzene rings is 1. The van der Waals surface area contributed by atoms with Crippen LogP contribution in [0.3, 0.4) is 0 Å². The van der Waals surface area contributed by atoms with Crippen molar-refractivity contribution in [1.29, 1.82) is 0 Å². The smallest absolute Gasteiger partial charge is 0.466 e. The molecular formula is C7H7NO7S. The van der Waals surface area contributed by atoms with E-state index in [2.05, 4.69) is 9.44 Å². The fourth-order valence-corrected chi connectivity index (χ4v) is 1.02. The van der Waals surface area contributed by atoms with Gasteiger partial charge in [-0.05, 0) is 0 Å². The number of aromatic hydroxyl groups is 3. The normalized spacial score (nSPS) is 11.8. The first-order valence-electron chi connectivity index (χ1n) is 3.74. The molecule has 4 N–H and O–H groups in total. The standard InChI is InChI=1S/C7H7NO7S/c9-4-1-6(10)5(7(11)2-4)3-8-15-16(12,13)14/h1-3,9-11H,(H,12,13,14)/b8-3+. The number of phenols is 3. The maximum Gasteiger partial charge on any atom is 0.466 e. The second-order valence-corrected chi connectivity index (χ2v) is 3.64. The number of rotatable bonds is 3. The van der Waals surface area contributed by atoms with Crippen molar-refractivity contribution in [3.8, 4) is 17.2 Å². The van der Waals surface area contributed by atoms with Gasteiger partial charge in [0.25, 0.3) is 0 Å². The lowest BCUT2D eigenvalue weighted by Crippen LogP contribution is -1.98. The first-order chi connectivity index (χ1) is 7.29. The van der Waals surface area contributed by atoms with Crippen LogP contribution in [0.1, 0.15) is 5.56 Å². The Bertz CT molecular complexity index is 499. The van der Waals surface area contributed by atoms with Crippen LogP contribution in [0.2, 0.25) is 0 Å². The highest BCUT2D eigenvalue weighted by atomic mass is 32.3. The Kier molecular flexibility index (Phi) is 3.20. The molecule has 9 heteroatoms. The zero-order chi connectivity index (χ0) is 12.3. The number of nitrogens with zero attached hydrogens (tertiary/aromatic N) is 1. The molecule has 0 aliphatic heterocycles. The molecule has 16 heavy (non-hydrogen) atoms. The highest BCUT2D eigenvalue weighted by Gasteiger charge is 2.08. The van der Waals surface area contributed by atoms with E-state index in [4.69, 9.17) is 9.66 Å². The summed E-state index contributed by atoms with van der Waals surface area (Å²) >= 11 is 0. The Hall–Kier alpha value is -2.00. The molecule has 0 unspecified atom stereocenters. The molecule has 0 saturated carbocycles. The molecule has 0 aliphatic rings. The second kappa shape index (κ2) is 4.24. The van der Waals surface area contributed by atoms with Crippen molar-refractivity contribution in [1.82, 2.24) is 0 Å². The molecular weight excluding hydrogens is 242 g/mol. The first kappa shape index (κ1) is 12.1. The van der Waals surface area contributed by atoms with E-state index in [-0.39, 0.29) is 11.3 Å². The van der Waals surface area contributed by atoms with Crippen molar-refractivity contribution < 1.29 is 32.6 Å². The molecule has 1 aromatic rings. The van der Waals surface area contributed by atoms with E-state index in [1.165, 1.54) is 0 Å². The Morgan fingerprint density at radius 1 is 1.19 bits per heavy atom. The van der Waals surface area contributed by atoms with Crippen molar-refractivity contribution >= 4 is 16.6 Å². The van der Waals surface area contributed by atoms with E-state index in [1.54, 1.807) is 0 Å². The van der Waals surface area contributed by atoms with E-state index in [9.17, 15) is 18.6 Å². The third-order valence-electron chi connectivity index (χ3n) is 1.44. The largest absolute Gasteiger partial charge is 0.508 e. The summed E-state index contributed by atoms with van der Waals surface area (Å²) in [7, 11) is -4.74. The average molecular weight is 249 g/mol. The van der Waals surface area contributed by atoms with Crippen LogP contribution in [0.15, 0.2) is 17.3 Å². The molecule has 1 rings (SSSR count). The van der Waals surface area contributed by atoms with Gasteiger partial charge in [-0.2, -0.15) is 8.42 Å². The van der Waals surface area contributed by atoms with E-state index >= 15 is 0 Å². The van der Waals surface area contributed by atoms with Gasteiger partial charge >= 0.3 is 10.4 Å². The molecule has 0 amide bonds. The third-order valence-corrected chi connectivity index (χ3v) is 1.71. The zero-order valence-electron chi connectivity index (χ0n) is 7.60. The molecule has 0 heterocycles. The minimum Gasteiger partial charge on any atom is -0.508 e. The van der Waals surface area contributed by atoms with Gasteiger partial charge in [0.05, 0.1) is 11.8 Å². The zero-order valence-corrected chi connectivity index (χ0v) is 8.42. The summed E-state index contributed by atoms with van der Waals surface area (Å²) in [6.45, 7) is 0. The molecule has 8 nitrogen and oxygen atoms in total. The van der Waals surface area contributed by atoms with Gasteiger partial charge in [0.2, 0.25) is 0 Å². The van der Waals surface area contributed by atoms with Gasteiger partial charge in [0, 0.05) is 12.1 Å². The van der Waals surface area contributed by atoms with Crippen LogP contribution in [-0.2, 0) is 14.7 Å². The number of phenolic OH excluding ortho intramolecular Hbond substituents is 3. The maximum atomic E-state index is 10.1.